The Morgan fingerprint density at radius 3 is 2.52 bits per heavy atom. The lowest BCUT2D eigenvalue weighted by Gasteiger charge is -2.35. The number of nitriles is 1. The summed E-state index contributed by atoms with van der Waals surface area (Å²) in [6, 6.07) is 13.8. The van der Waals surface area contributed by atoms with Gasteiger partial charge in [0.2, 0.25) is 5.95 Å². The van der Waals surface area contributed by atoms with Gasteiger partial charge in [0.05, 0.1) is 18.7 Å². The highest BCUT2D eigenvalue weighted by Gasteiger charge is 2.35. The summed E-state index contributed by atoms with van der Waals surface area (Å²) in [5.74, 6) is 0.545. The maximum absolute atomic E-state index is 14.9. The lowest BCUT2D eigenvalue weighted by molar-refractivity contribution is -0.146. The van der Waals surface area contributed by atoms with Crippen LogP contribution in [0, 0.1) is 11.3 Å². The average molecular weight is 610 g/mol. The molecule has 2 aliphatic heterocycles. The minimum absolute atomic E-state index is 0.133. The van der Waals surface area contributed by atoms with Crippen molar-refractivity contribution >= 4 is 17.5 Å². The normalized spacial score (nSPS) is 23.0. The Morgan fingerprint density at radius 1 is 1.09 bits per heavy atom. The van der Waals surface area contributed by atoms with Crippen LogP contribution in [0.4, 0.5) is 20.4 Å². The number of hydrogen-bond acceptors (Lipinski definition) is 11. The van der Waals surface area contributed by atoms with Gasteiger partial charge in [-0.25, -0.2) is 18.7 Å². The number of piperidine rings is 2. The van der Waals surface area contributed by atoms with Gasteiger partial charge in [-0.05, 0) is 55.9 Å². The summed E-state index contributed by atoms with van der Waals surface area (Å²) < 4.78 is 40.9. The summed E-state index contributed by atoms with van der Waals surface area (Å²) in [6.07, 6.45) is -3.51. The van der Waals surface area contributed by atoms with E-state index in [2.05, 4.69) is 26.3 Å². The van der Waals surface area contributed by atoms with Crippen LogP contribution in [-0.4, -0.2) is 111 Å². The van der Waals surface area contributed by atoms with E-state index in [1.165, 1.54) is 18.5 Å². The molecule has 14 heteroatoms. The molecule has 232 valence electrons. The molecule has 1 aromatic heterocycles. The molecule has 0 radical (unpaired) electrons. The fraction of sp³-hybridized carbons (Fsp3) is 0.433. The fourth-order valence-corrected chi connectivity index (χ4v) is 5.11. The molecule has 2 aliphatic rings. The van der Waals surface area contributed by atoms with E-state index >= 15 is 0 Å². The minimum atomic E-state index is -1.59. The lowest BCUT2D eigenvalue weighted by atomic mass is 10.0. The molecule has 0 spiro atoms. The molecule has 1 amide bonds. The van der Waals surface area contributed by atoms with E-state index in [4.69, 9.17) is 14.6 Å². The van der Waals surface area contributed by atoms with Gasteiger partial charge in [-0.15, -0.1) is 0 Å². The second-order valence-electron chi connectivity index (χ2n) is 10.8. The quantitative estimate of drug-likeness (QED) is 0.327. The molecular weight excluding hydrogens is 576 g/mol. The Balaban J connectivity index is 1.21. The van der Waals surface area contributed by atoms with Crippen molar-refractivity contribution in [3.63, 3.8) is 0 Å². The smallest absolute Gasteiger partial charge is 0.253 e. The van der Waals surface area contributed by atoms with E-state index in [-0.39, 0.29) is 36.8 Å². The number of aliphatic hydroxyl groups excluding tert-OH is 2. The number of halogens is 2. The van der Waals surface area contributed by atoms with Crippen molar-refractivity contribution in [2.75, 3.05) is 45.2 Å². The van der Waals surface area contributed by atoms with Gasteiger partial charge in [0.15, 0.2) is 18.1 Å². The number of aliphatic hydroxyl groups is 2. The fourth-order valence-electron chi connectivity index (χ4n) is 5.11. The highest BCUT2D eigenvalue weighted by molar-refractivity contribution is 5.81. The molecule has 0 bridgehead atoms. The Bertz CT molecular complexity index is 1490. The maximum atomic E-state index is 14.9. The molecule has 3 aromatic rings. The van der Waals surface area contributed by atoms with E-state index < -0.39 is 43.2 Å². The van der Waals surface area contributed by atoms with Gasteiger partial charge in [-0.1, -0.05) is 0 Å². The average Bonchev–Trinajstić information content (AvgIpc) is 3.03. The zero-order valence-electron chi connectivity index (χ0n) is 24.0. The van der Waals surface area contributed by atoms with Crippen molar-refractivity contribution in [1.29, 1.82) is 5.26 Å². The summed E-state index contributed by atoms with van der Waals surface area (Å²) in [4.78, 5) is 28.0. The Kier molecular flexibility index (Phi) is 9.78. The molecular formula is C30H33F2N7O5. The molecule has 3 N–H and O–H groups in total. The number of carbonyl (C=O) groups excluding carboxylic acids is 1. The number of alkyl halides is 2. The third kappa shape index (κ3) is 7.36. The van der Waals surface area contributed by atoms with Crippen molar-refractivity contribution in [3.05, 3.63) is 54.4 Å². The number of amides is 1. The molecule has 44 heavy (non-hydrogen) atoms. The largest absolute Gasteiger partial charge is 0.487 e. The van der Waals surface area contributed by atoms with Gasteiger partial charge in [-0.2, -0.15) is 10.2 Å². The number of hydrogen-bond donors (Lipinski definition) is 3. The van der Waals surface area contributed by atoms with E-state index in [1.54, 1.807) is 30.3 Å². The van der Waals surface area contributed by atoms with Crippen LogP contribution in [0.25, 0.3) is 11.4 Å². The number of nitrogens with zero attached hydrogens (tertiary/aromatic N) is 6. The first-order valence-electron chi connectivity index (χ1n) is 14.2. The second kappa shape index (κ2) is 13.9. The van der Waals surface area contributed by atoms with Gasteiger partial charge < -0.3 is 34.8 Å². The second-order valence-corrected chi connectivity index (χ2v) is 10.8. The third-order valence-electron chi connectivity index (χ3n) is 7.54. The van der Waals surface area contributed by atoms with Crippen LogP contribution in [0.5, 0.6) is 11.5 Å². The van der Waals surface area contributed by atoms with Crippen LogP contribution in [0.2, 0.25) is 0 Å². The van der Waals surface area contributed by atoms with Crippen LogP contribution >= 0.6 is 0 Å². The molecule has 2 aromatic carbocycles. The van der Waals surface area contributed by atoms with Crippen molar-refractivity contribution < 1.29 is 33.3 Å². The number of carbonyl (C=O) groups is 1. The van der Waals surface area contributed by atoms with Crippen molar-refractivity contribution in [1.82, 2.24) is 24.8 Å². The molecule has 5 rings (SSSR count). The highest BCUT2D eigenvalue weighted by atomic mass is 19.1. The van der Waals surface area contributed by atoms with Crippen LogP contribution in [0.15, 0.2) is 48.8 Å². The van der Waals surface area contributed by atoms with Crippen molar-refractivity contribution in [3.8, 4) is 29.0 Å². The molecule has 3 heterocycles. The summed E-state index contributed by atoms with van der Waals surface area (Å²) in [7, 11) is 1.89. The Morgan fingerprint density at radius 2 is 1.82 bits per heavy atom. The number of aromatic nitrogens is 3. The molecule has 12 nitrogen and oxygen atoms in total. The van der Waals surface area contributed by atoms with Crippen LogP contribution in [0.1, 0.15) is 18.4 Å². The third-order valence-corrected chi connectivity index (χ3v) is 7.54. The van der Waals surface area contributed by atoms with Gasteiger partial charge in [-0.3, -0.25) is 4.79 Å². The number of anilines is 2. The maximum Gasteiger partial charge on any atom is 0.253 e. The van der Waals surface area contributed by atoms with Crippen LogP contribution in [-0.2, 0) is 4.79 Å². The number of likely N-dealkylation sites (tertiary alicyclic amines) is 2. The van der Waals surface area contributed by atoms with E-state index in [0.717, 1.165) is 11.4 Å². The summed E-state index contributed by atoms with van der Waals surface area (Å²) in [6.45, 7) is 0.212. The standard InChI is InChI=1S/C30H33F2N7O5/c1-38-10-8-26(22(31)14-38)43-21-5-3-20(4-6-21)36-30-35-17-34-28(37-30)18-2-7-25(19(12-18)13-33)44-27-9-11-39(15-23(27)32)29(42)24(41)16-40/h2-7,12,17,22-24,26-27,40-41H,8-11,14-16H2,1H3,(H,34,35,36,37)/t22-,23-,24?,26+,27+/m1/s1. The minimum Gasteiger partial charge on any atom is -0.487 e. The van der Waals surface area contributed by atoms with Gasteiger partial charge in [0.25, 0.3) is 5.91 Å². The predicted octanol–water partition coefficient (Wildman–Crippen LogP) is 2.25. The van der Waals surface area contributed by atoms with Crippen LogP contribution in [0.3, 0.4) is 0 Å². The highest BCUT2D eigenvalue weighted by Crippen LogP contribution is 2.29. The topological polar surface area (TPSA) is 157 Å². The first kappa shape index (κ1) is 31.0. The summed E-state index contributed by atoms with van der Waals surface area (Å²) in [5.41, 5.74) is 1.34. The molecule has 2 fully saturated rings. The Hall–Kier alpha value is -4.45. The molecule has 2 saturated heterocycles. The Labute approximate surface area is 252 Å². The summed E-state index contributed by atoms with van der Waals surface area (Å²) in [5, 5.41) is 31.4. The van der Waals surface area contributed by atoms with Gasteiger partial charge in [0, 0.05) is 37.3 Å². The first-order valence-corrected chi connectivity index (χ1v) is 14.2. The first-order chi connectivity index (χ1) is 21.2. The van der Waals surface area contributed by atoms with E-state index in [9.17, 15) is 23.9 Å². The van der Waals surface area contributed by atoms with Gasteiger partial charge in [0.1, 0.15) is 42.3 Å². The summed E-state index contributed by atoms with van der Waals surface area (Å²) >= 11 is 0. The van der Waals surface area contributed by atoms with Crippen LogP contribution < -0.4 is 14.8 Å². The zero-order chi connectivity index (χ0) is 31.2. The molecule has 0 saturated carbocycles. The van der Waals surface area contributed by atoms with Gasteiger partial charge >= 0.3 is 0 Å². The molecule has 1 unspecified atom stereocenters. The van der Waals surface area contributed by atoms with Crippen molar-refractivity contribution in [2.45, 2.75) is 43.5 Å². The number of benzene rings is 2. The number of rotatable bonds is 9. The van der Waals surface area contributed by atoms with E-state index in [1.807, 2.05) is 11.9 Å². The predicted molar refractivity (Wildman–Crippen MR) is 155 cm³/mol. The zero-order valence-corrected chi connectivity index (χ0v) is 24.0. The van der Waals surface area contributed by atoms with Crippen molar-refractivity contribution in [2.24, 2.45) is 0 Å². The molecule has 0 aliphatic carbocycles. The monoisotopic (exact) mass is 609 g/mol. The molecule has 5 atom stereocenters. The SMILES string of the molecule is CN1CC[C@H](Oc2ccc(Nc3ncnc(-c4ccc(O[C@H]5CCN(C(=O)C(O)CO)C[C@H]5F)c(C#N)c4)n3)cc2)[C@H](F)C1. The number of ether oxygens (including phenoxy) is 2. The number of nitrogens with one attached hydrogen (secondary N) is 1. The van der Waals surface area contributed by atoms with E-state index in [0.29, 0.717) is 35.8 Å². The lowest BCUT2D eigenvalue weighted by Crippen LogP contribution is -2.52.